The summed E-state index contributed by atoms with van der Waals surface area (Å²) < 4.78 is 37.9. The average Bonchev–Trinajstić information content (AvgIpc) is 2.86. The molecule has 1 radical (unpaired) electrons. The second kappa shape index (κ2) is 13.8. The molecule has 0 aromatic heterocycles. The van der Waals surface area contributed by atoms with Gasteiger partial charge in [0.1, 0.15) is 0 Å². The molecule has 3 rings (SSSR count). The topological polar surface area (TPSA) is 14.1 Å². The van der Waals surface area contributed by atoms with Crippen molar-refractivity contribution in [3.8, 4) is 11.8 Å². The van der Waals surface area contributed by atoms with Crippen LogP contribution in [0.4, 0.5) is 13.2 Å². The third-order valence-corrected chi connectivity index (χ3v) is 5.95. The van der Waals surface area contributed by atoms with E-state index >= 15 is 0 Å². The fourth-order valence-corrected chi connectivity index (χ4v) is 3.82. The van der Waals surface area contributed by atoms with E-state index in [0.29, 0.717) is 13.1 Å². The van der Waals surface area contributed by atoms with E-state index in [-0.39, 0.29) is 0 Å². The van der Waals surface area contributed by atoms with Gasteiger partial charge in [-0.2, -0.15) is 13.2 Å². The lowest BCUT2D eigenvalue weighted by Crippen LogP contribution is -2.07. The number of hydrogen-bond donors (Lipinski definition) is 0. The zero-order valence-corrected chi connectivity index (χ0v) is 20.4. The van der Waals surface area contributed by atoms with Crippen molar-refractivity contribution in [2.24, 2.45) is 0 Å². The van der Waals surface area contributed by atoms with Gasteiger partial charge in [-0.05, 0) is 65.9 Å². The smallest absolute Gasteiger partial charge is 0.232 e. The van der Waals surface area contributed by atoms with Crippen molar-refractivity contribution in [1.82, 2.24) is 5.32 Å². The molecule has 0 amide bonds. The van der Waals surface area contributed by atoms with Gasteiger partial charge >= 0.3 is 6.18 Å². The molecule has 0 atom stereocenters. The van der Waals surface area contributed by atoms with Crippen molar-refractivity contribution in [2.45, 2.75) is 71.1 Å². The number of rotatable bonds is 11. The van der Waals surface area contributed by atoms with Gasteiger partial charge in [-0.15, -0.1) is 0 Å². The van der Waals surface area contributed by atoms with Crippen molar-refractivity contribution in [2.75, 3.05) is 0 Å². The second-order valence-electron chi connectivity index (χ2n) is 8.90. The molecule has 0 N–H and O–H groups in total. The van der Waals surface area contributed by atoms with Crippen LogP contribution in [0.1, 0.15) is 78.8 Å². The molecule has 35 heavy (non-hydrogen) atoms. The van der Waals surface area contributed by atoms with Gasteiger partial charge in [0.25, 0.3) is 0 Å². The van der Waals surface area contributed by atoms with E-state index < -0.39 is 11.7 Å². The van der Waals surface area contributed by atoms with Crippen LogP contribution in [-0.4, -0.2) is 0 Å². The van der Waals surface area contributed by atoms with Crippen LogP contribution in [0.2, 0.25) is 0 Å². The zero-order valence-electron chi connectivity index (χ0n) is 20.4. The SMILES string of the molecule is CCCCCCCCc1ccc(C#Cc2ccc(C[N]Cc3ccc(C(F)(F)F)cc3)cc2)cc1. The zero-order chi connectivity index (χ0) is 24.9. The highest BCUT2D eigenvalue weighted by atomic mass is 19.4. The van der Waals surface area contributed by atoms with Crippen LogP contribution in [0.15, 0.2) is 72.8 Å². The molecule has 4 heteroatoms. The van der Waals surface area contributed by atoms with Crippen LogP contribution in [0.5, 0.6) is 0 Å². The van der Waals surface area contributed by atoms with Crippen LogP contribution in [0, 0.1) is 11.8 Å². The van der Waals surface area contributed by atoms with E-state index in [1.165, 1.54) is 56.2 Å². The molecule has 0 aliphatic heterocycles. The van der Waals surface area contributed by atoms with Gasteiger partial charge in [-0.1, -0.05) is 87.3 Å². The minimum Gasteiger partial charge on any atom is -0.232 e. The van der Waals surface area contributed by atoms with Gasteiger partial charge in [-0.3, -0.25) is 0 Å². The minimum absolute atomic E-state index is 0.383. The number of unbranched alkanes of at least 4 members (excludes halogenated alkanes) is 5. The highest BCUT2D eigenvalue weighted by Gasteiger charge is 2.29. The third-order valence-electron chi connectivity index (χ3n) is 5.95. The summed E-state index contributed by atoms with van der Waals surface area (Å²) in [5.74, 6) is 6.43. The molecule has 0 saturated carbocycles. The molecule has 0 spiro atoms. The summed E-state index contributed by atoms with van der Waals surface area (Å²) in [6, 6.07) is 21.6. The third kappa shape index (κ3) is 9.62. The maximum absolute atomic E-state index is 12.6. The van der Waals surface area contributed by atoms with Crippen molar-refractivity contribution in [3.05, 3.63) is 106 Å². The Bertz CT molecular complexity index is 1070. The average molecular weight is 477 g/mol. The molecule has 0 aliphatic carbocycles. The lowest BCUT2D eigenvalue weighted by Gasteiger charge is -2.08. The Balaban J connectivity index is 1.41. The quantitative estimate of drug-likeness (QED) is 0.195. The number of alkyl halides is 3. The molecule has 0 fully saturated rings. The highest BCUT2D eigenvalue weighted by Crippen LogP contribution is 2.29. The molecule has 3 aromatic rings. The Kier molecular flexibility index (Phi) is 10.4. The van der Waals surface area contributed by atoms with Crippen LogP contribution < -0.4 is 5.32 Å². The predicted molar refractivity (Wildman–Crippen MR) is 137 cm³/mol. The fourth-order valence-electron chi connectivity index (χ4n) is 3.82. The fraction of sp³-hybridized carbons (Fsp3) is 0.355. The number of aryl methyl sites for hydroxylation is 1. The summed E-state index contributed by atoms with van der Waals surface area (Å²) in [6.45, 7) is 3.14. The highest BCUT2D eigenvalue weighted by molar-refractivity contribution is 5.44. The molecule has 1 nitrogen and oxygen atoms in total. The van der Waals surface area contributed by atoms with Crippen LogP contribution in [0.25, 0.3) is 0 Å². The monoisotopic (exact) mass is 476 g/mol. The van der Waals surface area contributed by atoms with Crippen molar-refractivity contribution >= 4 is 0 Å². The molecule has 3 aromatic carbocycles. The van der Waals surface area contributed by atoms with E-state index in [1.807, 2.05) is 24.3 Å². The summed E-state index contributed by atoms with van der Waals surface area (Å²) in [5, 5.41) is 4.46. The molecule has 0 bridgehead atoms. The van der Waals surface area contributed by atoms with Gasteiger partial charge < -0.3 is 0 Å². The molecular weight excluding hydrogens is 443 g/mol. The van der Waals surface area contributed by atoms with Gasteiger partial charge in [0.05, 0.1) is 5.56 Å². The summed E-state index contributed by atoms with van der Waals surface area (Å²) in [7, 11) is 0. The first-order chi connectivity index (χ1) is 16.9. The summed E-state index contributed by atoms with van der Waals surface area (Å²) in [5.41, 5.74) is 4.48. The summed E-state index contributed by atoms with van der Waals surface area (Å²) in [6.07, 6.45) is 4.70. The maximum Gasteiger partial charge on any atom is 0.416 e. The number of hydrogen-bond acceptors (Lipinski definition) is 0. The van der Waals surface area contributed by atoms with Gasteiger partial charge in [0.2, 0.25) is 0 Å². The van der Waals surface area contributed by atoms with E-state index in [1.54, 1.807) is 0 Å². The predicted octanol–water partition coefficient (Wildman–Crippen LogP) is 8.31. The first-order valence-electron chi connectivity index (χ1n) is 12.4. The van der Waals surface area contributed by atoms with E-state index in [9.17, 15) is 13.2 Å². The maximum atomic E-state index is 12.6. The Morgan fingerprint density at radius 1 is 0.600 bits per heavy atom. The van der Waals surface area contributed by atoms with Crippen LogP contribution in [0.3, 0.4) is 0 Å². The van der Waals surface area contributed by atoms with Gasteiger partial charge in [0.15, 0.2) is 0 Å². The number of halogens is 3. The molecule has 0 unspecified atom stereocenters. The van der Waals surface area contributed by atoms with Crippen LogP contribution >= 0.6 is 0 Å². The lowest BCUT2D eigenvalue weighted by molar-refractivity contribution is -0.137. The normalized spacial score (nSPS) is 11.2. The Hall–Kier alpha value is -3.03. The molecule has 0 aliphatic rings. The van der Waals surface area contributed by atoms with Crippen molar-refractivity contribution in [3.63, 3.8) is 0 Å². The second-order valence-corrected chi connectivity index (χ2v) is 8.90. The number of benzene rings is 3. The summed E-state index contributed by atoms with van der Waals surface area (Å²) in [4.78, 5) is 0. The molecule has 0 saturated heterocycles. The molecule has 0 heterocycles. The minimum atomic E-state index is -4.31. The Morgan fingerprint density at radius 3 is 1.57 bits per heavy atom. The first kappa shape index (κ1) is 26.6. The van der Waals surface area contributed by atoms with E-state index in [2.05, 4.69) is 48.3 Å². The van der Waals surface area contributed by atoms with Gasteiger partial charge in [0, 0.05) is 24.2 Å². The van der Waals surface area contributed by atoms with Crippen molar-refractivity contribution < 1.29 is 13.2 Å². The molecule has 183 valence electrons. The largest absolute Gasteiger partial charge is 0.416 e. The lowest BCUT2D eigenvalue weighted by atomic mass is 10.0. The standard InChI is InChI=1S/C31H33F3N/c1-2-3-4-5-6-7-8-25-9-11-26(12-10-25)13-14-27-15-17-28(18-16-27)23-35-24-29-19-21-30(22-20-29)31(32,33)34/h9-12,15-22H,2-8,23-24H2,1H3. The summed E-state index contributed by atoms with van der Waals surface area (Å²) >= 11 is 0. The Labute approximate surface area is 207 Å². The van der Waals surface area contributed by atoms with Crippen molar-refractivity contribution in [1.29, 1.82) is 0 Å². The van der Waals surface area contributed by atoms with E-state index in [0.717, 1.165) is 40.8 Å². The first-order valence-corrected chi connectivity index (χ1v) is 12.4. The van der Waals surface area contributed by atoms with Gasteiger partial charge in [-0.25, -0.2) is 5.32 Å². The van der Waals surface area contributed by atoms with Crippen LogP contribution in [-0.2, 0) is 25.7 Å². The number of nitrogens with zero attached hydrogens (tertiary/aromatic N) is 1. The Morgan fingerprint density at radius 2 is 1.06 bits per heavy atom. The molecular formula is C31H33F3N. The van der Waals surface area contributed by atoms with E-state index in [4.69, 9.17) is 0 Å².